The molecule has 0 unspecified atom stereocenters. The van der Waals surface area contributed by atoms with E-state index in [0.29, 0.717) is 6.04 Å². The zero-order valence-corrected chi connectivity index (χ0v) is 10.5. The summed E-state index contributed by atoms with van der Waals surface area (Å²) in [6.07, 6.45) is 4.05. The van der Waals surface area contributed by atoms with Gasteiger partial charge in [-0.05, 0) is 25.8 Å². The van der Waals surface area contributed by atoms with Crippen LogP contribution >= 0.6 is 11.8 Å². The minimum atomic E-state index is 0.653. The number of furan rings is 1. The van der Waals surface area contributed by atoms with Gasteiger partial charge < -0.3 is 14.5 Å². The number of thioether (sulfide) groups is 1. The van der Waals surface area contributed by atoms with E-state index in [9.17, 15) is 0 Å². The Bertz CT molecular complexity index is 308. The van der Waals surface area contributed by atoms with Crippen LogP contribution in [-0.2, 0) is 4.74 Å². The minimum absolute atomic E-state index is 0.653. The second-order valence-electron chi connectivity index (χ2n) is 4.03. The van der Waals surface area contributed by atoms with Gasteiger partial charge in [-0.15, -0.1) is 11.8 Å². The van der Waals surface area contributed by atoms with Gasteiger partial charge in [0.25, 0.3) is 0 Å². The Hall–Kier alpha value is -0.450. The van der Waals surface area contributed by atoms with Crippen LogP contribution in [0.1, 0.15) is 18.6 Å². The molecular weight excluding hydrogens is 222 g/mol. The van der Waals surface area contributed by atoms with Crippen LogP contribution in [0.5, 0.6) is 0 Å². The van der Waals surface area contributed by atoms with Crippen molar-refractivity contribution in [2.45, 2.75) is 30.7 Å². The van der Waals surface area contributed by atoms with Crippen molar-refractivity contribution in [1.82, 2.24) is 5.32 Å². The summed E-state index contributed by atoms with van der Waals surface area (Å²) >= 11 is 1.85. The first-order chi connectivity index (χ1) is 7.86. The summed E-state index contributed by atoms with van der Waals surface area (Å²) in [6, 6.07) is 2.69. The monoisotopic (exact) mass is 241 g/mol. The highest BCUT2D eigenvalue weighted by Gasteiger charge is 2.12. The Morgan fingerprint density at radius 3 is 2.94 bits per heavy atom. The lowest BCUT2D eigenvalue weighted by Gasteiger charge is -2.23. The van der Waals surface area contributed by atoms with Crippen molar-refractivity contribution in [2.75, 3.05) is 25.5 Å². The Labute approximate surface area is 101 Å². The van der Waals surface area contributed by atoms with Crippen molar-refractivity contribution in [3.8, 4) is 0 Å². The first-order valence-corrected chi connectivity index (χ1v) is 6.83. The number of hydrogen-bond acceptors (Lipinski definition) is 4. The number of nitrogens with one attached hydrogen (secondary N) is 1. The van der Waals surface area contributed by atoms with Crippen LogP contribution in [0.2, 0.25) is 0 Å². The fourth-order valence-corrected chi connectivity index (χ4v) is 2.69. The molecule has 2 rings (SSSR count). The predicted molar refractivity (Wildman–Crippen MR) is 66.0 cm³/mol. The molecule has 0 aromatic carbocycles. The van der Waals surface area contributed by atoms with Crippen LogP contribution < -0.4 is 5.32 Å². The van der Waals surface area contributed by atoms with Crippen molar-refractivity contribution in [2.24, 2.45) is 0 Å². The van der Waals surface area contributed by atoms with E-state index >= 15 is 0 Å². The molecule has 1 N–H and O–H groups in total. The van der Waals surface area contributed by atoms with E-state index < -0.39 is 0 Å². The molecule has 2 heterocycles. The third-order valence-electron chi connectivity index (χ3n) is 2.83. The van der Waals surface area contributed by atoms with Crippen LogP contribution in [0.25, 0.3) is 0 Å². The summed E-state index contributed by atoms with van der Waals surface area (Å²) in [7, 11) is 0. The molecule has 0 saturated carbocycles. The largest absolute Gasteiger partial charge is 0.468 e. The maximum absolute atomic E-state index is 5.32. The molecule has 0 atom stereocenters. The molecule has 0 radical (unpaired) electrons. The van der Waals surface area contributed by atoms with Gasteiger partial charge in [0, 0.05) is 36.4 Å². The highest BCUT2D eigenvalue weighted by atomic mass is 32.2. The molecule has 0 aliphatic carbocycles. The number of ether oxygens (including phenoxy) is 1. The van der Waals surface area contributed by atoms with Crippen molar-refractivity contribution >= 4 is 11.8 Å². The fourth-order valence-electron chi connectivity index (χ4n) is 1.85. The zero-order chi connectivity index (χ0) is 11.2. The van der Waals surface area contributed by atoms with Crippen molar-refractivity contribution in [1.29, 1.82) is 0 Å². The van der Waals surface area contributed by atoms with Crippen molar-refractivity contribution in [3.05, 3.63) is 18.1 Å². The van der Waals surface area contributed by atoms with Crippen LogP contribution in [-0.4, -0.2) is 31.6 Å². The summed E-state index contributed by atoms with van der Waals surface area (Å²) in [5, 5.41) is 3.57. The Morgan fingerprint density at radius 2 is 2.25 bits per heavy atom. The molecule has 1 aromatic rings. The lowest BCUT2D eigenvalue weighted by Crippen LogP contribution is -2.35. The minimum Gasteiger partial charge on any atom is -0.468 e. The summed E-state index contributed by atoms with van der Waals surface area (Å²) in [5.74, 6) is 2.12. The molecule has 16 heavy (non-hydrogen) atoms. The molecular formula is C12H19NO2S. The maximum Gasteiger partial charge on any atom is 0.114 e. The fraction of sp³-hybridized carbons (Fsp3) is 0.667. The molecule has 0 amide bonds. The molecule has 90 valence electrons. The van der Waals surface area contributed by atoms with Gasteiger partial charge in [-0.2, -0.15) is 0 Å². The van der Waals surface area contributed by atoms with E-state index in [-0.39, 0.29) is 0 Å². The van der Waals surface area contributed by atoms with Gasteiger partial charge in [0.15, 0.2) is 0 Å². The van der Waals surface area contributed by atoms with Gasteiger partial charge in [0.1, 0.15) is 5.76 Å². The second-order valence-corrected chi connectivity index (χ2v) is 5.17. The maximum atomic E-state index is 5.32. The van der Waals surface area contributed by atoms with Crippen LogP contribution in [0, 0.1) is 6.92 Å². The average Bonchev–Trinajstić information content (AvgIpc) is 2.72. The highest BCUT2D eigenvalue weighted by molar-refractivity contribution is 7.99. The zero-order valence-electron chi connectivity index (χ0n) is 9.70. The van der Waals surface area contributed by atoms with E-state index in [2.05, 4.69) is 5.32 Å². The third-order valence-corrected chi connectivity index (χ3v) is 3.97. The van der Waals surface area contributed by atoms with Gasteiger partial charge in [0.2, 0.25) is 0 Å². The topological polar surface area (TPSA) is 34.4 Å². The normalized spacial score (nSPS) is 17.8. The molecule has 1 saturated heterocycles. The highest BCUT2D eigenvalue weighted by Crippen LogP contribution is 2.22. The lowest BCUT2D eigenvalue weighted by molar-refractivity contribution is 0.0786. The molecule has 1 fully saturated rings. The summed E-state index contributed by atoms with van der Waals surface area (Å²) in [5.41, 5.74) is 0. The Kier molecular flexibility index (Phi) is 4.75. The molecule has 1 aromatic heterocycles. The number of hydrogen-bond donors (Lipinski definition) is 1. The van der Waals surface area contributed by atoms with Gasteiger partial charge >= 0.3 is 0 Å². The second kappa shape index (κ2) is 6.33. The smallest absolute Gasteiger partial charge is 0.114 e. The first-order valence-electron chi connectivity index (χ1n) is 5.84. The molecule has 1 aliphatic heterocycles. The Balaban J connectivity index is 1.59. The average molecular weight is 241 g/mol. The standard InChI is InChI=1S/C12H19NO2S/c1-10-12(4-8-15-10)16-9-5-13-11-2-6-14-7-3-11/h4,8,11,13H,2-3,5-7,9H2,1H3. The predicted octanol–water partition coefficient (Wildman–Crippen LogP) is 2.45. The molecule has 4 heteroatoms. The van der Waals surface area contributed by atoms with Crippen molar-refractivity contribution < 1.29 is 9.15 Å². The van der Waals surface area contributed by atoms with Crippen LogP contribution in [0.4, 0.5) is 0 Å². The third kappa shape index (κ3) is 3.54. The summed E-state index contributed by atoms with van der Waals surface area (Å²) in [6.45, 7) is 4.88. The van der Waals surface area contributed by atoms with Crippen LogP contribution in [0.15, 0.2) is 21.6 Å². The number of rotatable bonds is 5. The van der Waals surface area contributed by atoms with E-state index in [1.54, 1.807) is 6.26 Å². The van der Waals surface area contributed by atoms with Crippen molar-refractivity contribution in [3.63, 3.8) is 0 Å². The molecule has 0 spiro atoms. The molecule has 3 nitrogen and oxygen atoms in total. The summed E-state index contributed by atoms with van der Waals surface area (Å²) < 4.78 is 10.6. The van der Waals surface area contributed by atoms with E-state index in [1.807, 2.05) is 24.8 Å². The van der Waals surface area contributed by atoms with Gasteiger partial charge in [-0.1, -0.05) is 0 Å². The van der Waals surface area contributed by atoms with Crippen LogP contribution in [0.3, 0.4) is 0 Å². The quantitative estimate of drug-likeness (QED) is 0.634. The SMILES string of the molecule is Cc1occc1SCCNC1CCOCC1. The summed E-state index contributed by atoms with van der Waals surface area (Å²) in [4.78, 5) is 1.26. The lowest BCUT2D eigenvalue weighted by atomic mass is 10.1. The first kappa shape index (κ1) is 12.0. The van der Waals surface area contributed by atoms with E-state index in [1.165, 1.54) is 4.90 Å². The van der Waals surface area contributed by atoms with E-state index in [4.69, 9.17) is 9.15 Å². The molecule has 0 bridgehead atoms. The number of aryl methyl sites for hydroxylation is 1. The van der Waals surface area contributed by atoms with Gasteiger partial charge in [-0.25, -0.2) is 0 Å². The Morgan fingerprint density at radius 1 is 1.44 bits per heavy atom. The molecule has 1 aliphatic rings. The van der Waals surface area contributed by atoms with Gasteiger partial charge in [0.05, 0.1) is 6.26 Å². The van der Waals surface area contributed by atoms with E-state index in [0.717, 1.165) is 44.1 Å². The van der Waals surface area contributed by atoms with Gasteiger partial charge in [-0.3, -0.25) is 0 Å².